The second kappa shape index (κ2) is 6.29. The molecule has 3 aromatic rings. The molecule has 0 aliphatic heterocycles. The summed E-state index contributed by atoms with van der Waals surface area (Å²) < 4.78 is 2.20. The largest absolute Gasteiger partial charge is 0.329 e. The molecular formula is C17H18ClN3. The molecule has 0 aliphatic rings. The van der Waals surface area contributed by atoms with Crippen LogP contribution < -0.4 is 5.32 Å². The smallest absolute Gasteiger partial charge is 0.0958 e. The molecule has 1 heterocycles. The van der Waals surface area contributed by atoms with Crippen molar-refractivity contribution < 1.29 is 0 Å². The van der Waals surface area contributed by atoms with E-state index in [1.165, 1.54) is 11.1 Å². The van der Waals surface area contributed by atoms with Crippen LogP contribution >= 0.6 is 11.6 Å². The van der Waals surface area contributed by atoms with Gasteiger partial charge in [0.1, 0.15) is 0 Å². The molecule has 0 fully saturated rings. The minimum Gasteiger partial charge on any atom is -0.329 e. The van der Waals surface area contributed by atoms with Gasteiger partial charge in [-0.1, -0.05) is 35.9 Å². The number of rotatable bonds is 5. The normalized spacial score (nSPS) is 12.7. The van der Waals surface area contributed by atoms with Crippen LogP contribution in [-0.4, -0.2) is 22.6 Å². The maximum Gasteiger partial charge on any atom is 0.0958 e. The molecule has 0 saturated carbocycles. The third kappa shape index (κ3) is 3.26. The fraction of sp³-hybridized carbons (Fsp3) is 0.235. The summed E-state index contributed by atoms with van der Waals surface area (Å²) in [5.74, 6) is 0. The maximum atomic E-state index is 6.06. The van der Waals surface area contributed by atoms with E-state index in [-0.39, 0.29) is 0 Å². The van der Waals surface area contributed by atoms with Crippen molar-refractivity contribution in [3.63, 3.8) is 0 Å². The van der Waals surface area contributed by atoms with Crippen LogP contribution in [0.15, 0.2) is 54.9 Å². The molecule has 1 N–H and O–H groups in total. The number of nitrogens with one attached hydrogen (secondary N) is 1. The summed E-state index contributed by atoms with van der Waals surface area (Å²) in [4.78, 5) is 4.44. The zero-order valence-corrected chi connectivity index (χ0v) is 12.7. The number of likely N-dealkylation sites (N-methyl/N-ethyl adjacent to an activating group) is 1. The van der Waals surface area contributed by atoms with E-state index < -0.39 is 0 Å². The molecule has 0 saturated heterocycles. The third-order valence-electron chi connectivity index (χ3n) is 3.72. The SMILES string of the molecule is CNC(Cc1cccc(Cl)c1)Cn1cnc2ccccc21. The molecule has 3 rings (SSSR count). The summed E-state index contributed by atoms with van der Waals surface area (Å²) in [6.45, 7) is 0.878. The van der Waals surface area contributed by atoms with Gasteiger partial charge in [0, 0.05) is 17.6 Å². The van der Waals surface area contributed by atoms with E-state index in [9.17, 15) is 0 Å². The van der Waals surface area contributed by atoms with Crippen LogP contribution in [-0.2, 0) is 13.0 Å². The predicted molar refractivity (Wildman–Crippen MR) is 87.7 cm³/mol. The van der Waals surface area contributed by atoms with Gasteiger partial charge in [0.2, 0.25) is 0 Å². The second-order valence-corrected chi connectivity index (χ2v) is 5.64. The summed E-state index contributed by atoms with van der Waals surface area (Å²) in [5.41, 5.74) is 3.45. The van der Waals surface area contributed by atoms with Crippen molar-refractivity contribution in [2.75, 3.05) is 7.05 Å². The molecule has 1 atom stereocenters. The summed E-state index contributed by atoms with van der Waals surface area (Å²) in [5, 5.41) is 4.17. The lowest BCUT2D eigenvalue weighted by atomic mass is 10.1. The zero-order chi connectivity index (χ0) is 14.7. The van der Waals surface area contributed by atoms with Gasteiger partial charge in [0.25, 0.3) is 0 Å². The second-order valence-electron chi connectivity index (χ2n) is 5.21. The van der Waals surface area contributed by atoms with E-state index in [0.29, 0.717) is 6.04 Å². The standard InChI is InChI=1S/C17H18ClN3/c1-19-15(10-13-5-4-6-14(18)9-13)11-21-12-20-16-7-2-3-8-17(16)21/h2-9,12,15,19H,10-11H2,1H3. The highest BCUT2D eigenvalue weighted by Crippen LogP contribution is 2.15. The lowest BCUT2D eigenvalue weighted by Gasteiger charge is -2.17. The first-order valence-corrected chi connectivity index (χ1v) is 7.45. The summed E-state index contributed by atoms with van der Waals surface area (Å²) in [6, 6.07) is 16.6. The van der Waals surface area contributed by atoms with Crippen molar-refractivity contribution in [2.45, 2.75) is 19.0 Å². The van der Waals surface area contributed by atoms with Gasteiger partial charge in [-0.15, -0.1) is 0 Å². The Bertz CT molecular complexity index is 735. The van der Waals surface area contributed by atoms with Crippen molar-refractivity contribution >= 4 is 22.6 Å². The number of imidazole rings is 1. The highest BCUT2D eigenvalue weighted by Gasteiger charge is 2.10. The fourth-order valence-electron chi connectivity index (χ4n) is 2.60. The molecule has 0 aliphatic carbocycles. The van der Waals surface area contributed by atoms with Crippen LogP contribution in [0.5, 0.6) is 0 Å². The molecule has 2 aromatic carbocycles. The highest BCUT2D eigenvalue weighted by atomic mass is 35.5. The van der Waals surface area contributed by atoms with Gasteiger partial charge in [-0.3, -0.25) is 0 Å². The first-order valence-electron chi connectivity index (χ1n) is 7.08. The van der Waals surface area contributed by atoms with E-state index in [0.717, 1.165) is 23.5 Å². The lowest BCUT2D eigenvalue weighted by Crippen LogP contribution is -2.32. The Labute approximate surface area is 129 Å². The van der Waals surface area contributed by atoms with Gasteiger partial charge >= 0.3 is 0 Å². The lowest BCUT2D eigenvalue weighted by molar-refractivity contribution is 0.485. The summed E-state index contributed by atoms with van der Waals surface area (Å²) >= 11 is 6.06. The number of benzene rings is 2. The molecule has 108 valence electrons. The molecule has 0 radical (unpaired) electrons. The third-order valence-corrected chi connectivity index (χ3v) is 3.96. The number of para-hydroxylation sites is 2. The number of aromatic nitrogens is 2. The van der Waals surface area contributed by atoms with Crippen LogP contribution in [0.25, 0.3) is 11.0 Å². The Morgan fingerprint density at radius 3 is 2.86 bits per heavy atom. The van der Waals surface area contributed by atoms with Crippen molar-refractivity contribution in [2.24, 2.45) is 0 Å². The number of hydrogen-bond donors (Lipinski definition) is 1. The number of halogens is 1. The highest BCUT2D eigenvalue weighted by molar-refractivity contribution is 6.30. The Kier molecular flexibility index (Phi) is 4.23. The minimum absolute atomic E-state index is 0.334. The maximum absolute atomic E-state index is 6.06. The number of nitrogens with zero attached hydrogens (tertiary/aromatic N) is 2. The fourth-order valence-corrected chi connectivity index (χ4v) is 2.81. The van der Waals surface area contributed by atoms with Gasteiger partial charge in [0.05, 0.1) is 17.4 Å². The quantitative estimate of drug-likeness (QED) is 0.781. The van der Waals surface area contributed by atoms with Crippen LogP contribution in [0, 0.1) is 0 Å². The van der Waals surface area contributed by atoms with Gasteiger partial charge in [0.15, 0.2) is 0 Å². The Morgan fingerprint density at radius 2 is 2.05 bits per heavy atom. The topological polar surface area (TPSA) is 29.9 Å². The molecule has 0 bridgehead atoms. The van der Waals surface area contributed by atoms with E-state index in [2.05, 4.69) is 27.0 Å². The van der Waals surface area contributed by atoms with E-state index in [1.54, 1.807) is 0 Å². The number of hydrogen-bond acceptors (Lipinski definition) is 2. The van der Waals surface area contributed by atoms with Gasteiger partial charge < -0.3 is 9.88 Å². The predicted octanol–water partition coefficient (Wildman–Crippen LogP) is 3.52. The molecule has 3 nitrogen and oxygen atoms in total. The van der Waals surface area contributed by atoms with Crippen LogP contribution in [0.3, 0.4) is 0 Å². The van der Waals surface area contributed by atoms with Crippen molar-refractivity contribution in [1.29, 1.82) is 0 Å². The summed E-state index contributed by atoms with van der Waals surface area (Å²) in [6.07, 6.45) is 2.84. The molecule has 0 spiro atoms. The van der Waals surface area contributed by atoms with Gasteiger partial charge in [-0.2, -0.15) is 0 Å². The first-order chi connectivity index (χ1) is 10.3. The molecule has 21 heavy (non-hydrogen) atoms. The van der Waals surface area contributed by atoms with Gasteiger partial charge in [-0.05, 0) is 43.3 Å². The van der Waals surface area contributed by atoms with Crippen LogP contribution in [0.2, 0.25) is 5.02 Å². The Balaban J connectivity index is 1.78. The molecule has 1 aromatic heterocycles. The average molecular weight is 300 g/mol. The zero-order valence-electron chi connectivity index (χ0n) is 12.0. The molecule has 0 amide bonds. The van der Waals surface area contributed by atoms with Crippen molar-refractivity contribution in [1.82, 2.24) is 14.9 Å². The minimum atomic E-state index is 0.334. The monoisotopic (exact) mass is 299 g/mol. The van der Waals surface area contributed by atoms with Crippen molar-refractivity contribution in [3.05, 3.63) is 65.4 Å². The van der Waals surface area contributed by atoms with Crippen molar-refractivity contribution in [3.8, 4) is 0 Å². The van der Waals surface area contributed by atoms with Crippen LogP contribution in [0.4, 0.5) is 0 Å². The van der Waals surface area contributed by atoms with E-state index >= 15 is 0 Å². The molecule has 1 unspecified atom stereocenters. The molecular weight excluding hydrogens is 282 g/mol. The molecule has 4 heteroatoms. The van der Waals surface area contributed by atoms with Crippen LogP contribution in [0.1, 0.15) is 5.56 Å². The number of fused-ring (bicyclic) bond motifs is 1. The summed E-state index contributed by atoms with van der Waals surface area (Å²) in [7, 11) is 1.99. The average Bonchev–Trinajstić information content (AvgIpc) is 2.90. The Hall–Kier alpha value is -1.84. The first kappa shape index (κ1) is 14.1. The van der Waals surface area contributed by atoms with E-state index in [4.69, 9.17) is 11.6 Å². The van der Waals surface area contributed by atoms with E-state index in [1.807, 2.05) is 49.8 Å². The Morgan fingerprint density at radius 1 is 1.19 bits per heavy atom. The van der Waals surface area contributed by atoms with Gasteiger partial charge in [-0.25, -0.2) is 4.98 Å².